The van der Waals surface area contributed by atoms with Crippen LogP contribution in [0.4, 0.5) is 0 Å². The molecule has 0 spiro atoms. The molecule has 0 atom stereocenters. The van der Waals surface area contributed by atoms with E-state index in [-0.39, 0.29) is 0 Å². The molecule has 0 bridgehead atoms. The highest BCUT2D eigenvalue weighted by Gasteiger charge is 2.16. The number of hydrogen-bond donors (Lipinski definition) is 0. The van der Waals surface area contributed by atoms with Crippen LogP contribution in [-0.4, -0.2) is 0 Å². The minimum Gasteiger partial charge on any atom is -0.135 e. The molecule has 10 aromatic rings. The second-order valence-corrected chi connectivity index (χ2v) is 13.1. The van der Waals surface area contributed by atoms with Crippen LogP contribution >= 0.6 is 11.3 Å². The second-order valence-electron chi connectivity index (χ2n) is 12.0. The van der Waals surface area contributed by atoms with Gasteiger partial charge in [-0.3, -0.25) is 0 Å². The zero-order valence-electron chi connectivity index (χ0n) is 24.4. The van der Waals surface area contributed by atoms with Gasteiger partial charge in [-0.05, 0) is 94.3 Å². The van der Waals surface area contributed by atoms with Crippen molar-refractivity contribution in [3.05, 3.63) is 158 Å². The summed E-state index contributed by atoms with van der Waals surface area (Å²) in [5.41, 5.74) is 4.98. The molecule has 0 aliphatic rings. The molecule has 9 aromatic carbocycles. The summed E-state index contributed by atoms with van der Waals surface area (Å²) in [7, 11) is 0. The molecule has 0 radical (unpaired) electrons. The number of hydrogen-bond acceptors (Lipinski definition) is 1. The zero-order chi connectivity index (χ0) is 29.5. The molecule has 0 saturated heterocycles. The summed E-state index contributed by atoms with van der Waals surface area (Å²) in [6, 6.07) is 58.4. The van der Waals surface area contributed by atoms with E-state index >= 15 is 0 Å². The van der Waals surface area contributed by atoms with Gasteiger partial charge in [0.15, 0.2) is 0 Å². The fraction of sp³-hybridized carbons (Fsp3) is 0. The lowest BCUT2D eigenvalue weighted by Crippen LogP contribution is -1.89. The summed E-state index contributed by atoms with van der Waals surface area (Å²) >= 11 is 1.87. The van der Waals surface area contributed by atoms with E-state index in [1.165, 1.54) is 96.3 Å². The van der Waals surface area contributed by atoms with Gasteiger partial charge in [-0.15, -0.1) is 11.3 Å². The van der Waals surface area contributed by atoms with E-state index in [1.807, 2.05) is 11.3 Å². The van der Waals surface area contributed by atoms with Crippen molar-refractivity contribution in [3.63, 3.8) is 0 Å². The number of thiophene rings is 1. The lowest BCUT2D eigenvalue weighted by atomic mass is 9.86. The van der Waals surface area contributed by atoms with Crippen molar-refractivity contribution in [2.45, 2.75) is 0 Å². The van der Waals surface area contributed by atoms with E-state index in [0.29, 0.717) is 0 Å². The Morgan fingerprint density at radius 3 is 1.20 bits per heavy atom. The first-order valence-corrected chi connectivity index (χ1v) is 16.3. The fourth-order valence-corrected chi connectivity index (χ4v) is 8.71. The molecule has 0 aliphatic heterocycles. The summed E-state index contributed by atoms with van der Waals surface area (Å²) in [6.07, 6.45) is 0. The molecule has 0 saturated carbocycles. The maximum Gasteiger partial charge on any atom is 0.0361 e. The van der Waals surface area contributed by atoms with Crippen molar-refractivity contribution in [1.29, 1.82) is 0 Å². The highest BCUT2D eigenvalue weighted by Crippen LogP contribution is 2.44. The molecule has 1 aromatic heterocycles. The van der Waals surface area contributed by atoms with Crippen molar-refractivity contribution in [2.24, 2.45) is 0 Å². The molecule has 0 nitrogen and oxygen atoms in total. The maximum absolute atomic E-state index is 2.40. The minimum absolute atomic E-state index is 1.23. The highest BCUT2D eigenvalue weighted by atomic mass is 32.1. The molecule has 1 heterocycles. The lowest BCUT2D eigenvalue weighted by molar-refractivity contribution is 1.62. The summed E-state index contributed by atoms with van der Waals surface area (Å²) in [6.45, 7) is 0. The summed E-state index contributed by atoms with van der Waals surface area (Å²) in [4.78, 5) is 0. The molecule has 0 aliphatic carbocycles. The standard InChI is InChI=1S/C44H26S/c1-4-13-36-31(9-1)32-10-2-5-14-37(32)44-39-24-22-29(25-40(39)33-11-3-6-15-38(33)43(36)44)27-17-19-28(20-18-27)30-21-23-35-34-12-7-8-16-41(34)45-42(35)26-30/h1-26H. The monoisotopic (exact) mass is 586 g/mol. The lowest BCUT2D eigenvalue weighted by Gasteiger charge is -2.17. The van der Waals surface area contributed by atoms with Gasteiger partial charge in [-0.2, -0.15) is 0 Å². The Hall–Kier alpha value is -5.50. The summed E-state index contributed by atoms with van der Waals surface area (Å²) in [5.74, 6) is 0. The van der Waals surface area contributed by atoms with Gasteiger partial charge in [0, 0.05) is 20.2 Å². The first-order valence-electron chi connectivity index (χ1n) is 15.5. The summed E-state index contributed by atoms with van der Waals surface area (Å²) in [5, 5.41) is 15.9. The van der Waals surface area contributed by atoms with Gasteiger partial charge in [-0.1, -0.05) is 140 Å². The van der Waals surface area contributed by atoms with Crippen molar-refractivity contribution in [2.75, 3.05) is 0 Å². The Kier molecular flexibility index (Phi) is 5.25. The van der Waals surface area contributed by atoms with Crippen LogP contribution in [-0.2, 0) is 0 Å². The van der Waals surface area contributed by atoms with Crippen LogP contribution in [0.3, 0.4) is 0 Å². The van der Waals surface area contributed by atoms with Crippen LogP contribution in [0.15, 0.2) is 158 Å². The summed E-state index contributed by atoms with van der Waals surface area (Å²) < 4.78 is 2.68. The van der Waals surface area contributed by atoms with E-state index in [4.69, 9.17) is 0 Å². The van der Waals surface area contributed by atoms with Gasteiger partial charge in [0.1, 0.15) is 0 Å². The molecule has 10 rings (SSSR count). The van der Waals surface area contributed by atoms with Crippen LogP contribution in [0.5, 0.6) is 0 Å². The fourth-order valence-electron chi connectivity index (χ4n) is 7.56. The van der Waals surface area contributed by atoms with E-state index in [2.05, 4.69) is 158 Å². The first kappa shape index (κ1) is 24.9. The van der Waals surface area contributed by atoms with Crippen LogP contribution in [0.1, 0.15) is 0 Å². The van der Waals surface area contributed by atoms with Crippen LogP contribution < -0.4 is 0 Å². The molecule has 0 fully saturated rings. The van der Waals surface area contributed by atoms with Crippen molar-refractivity contribution < 1.29 is 0 Å². The maximum atomic E-state index is 2.40. The van der Waals surface area contributed by atoms with Gasteiger partial charge in [-0.25, -0.2) is 0 Å². The normalized spacial score (nSPS) is 12.0. The largest absolute Gasteiger partial charge is 0.135 e. The molecule has 0 amide bonds. The Bertz CT molecular complexity index is 2800. The van der Waals surface area contributed by atoms with Crippen molar-refractivity contribution >= 4 is 85.4 Å². The average molecular weight is 587 g/mol. The molecule has 0 unspecified atom stereocenters. The van der Waals surface area contributed by atoms with E-state index < -0.39 is 0 Å². The first-order chi connectivity index (χ1) is 22.3. The third-order valence-corrected chi connectivity index (χ3v) is 10.8. The molecular weight excluding hydrogens is 561 g/mol. The third-order valence-electron chi connectivity index (χ3n) is 9.64. The Morgan fingerprint density at radius 1 is 0.244 bits per heavy atom. The molecule has 45 heavy (non-hydrogen) atoms. The quantitative estimate of drug-likeness (QED) is 0.177. The topological polar surface area (TPSA) is 0 Å². The molecule has 208 valence electrons. The van der Waals surface area contributed by atoms with E-state index in [0.717, 1.165) is 0 Å². The Balaban J connectivity index is 1.16. The predicted molar refractivity (Wildman–Crippen MR) is 198 cm³/mol. The Labute approximate surface area is 264 Å². The van der Waals surface area contributed by atoms with Gasteiger partial charge in [0.2, 0.25) is 0 Å². The number of benzene rings is 9. The second kappa shape index (κ2) is 9.50. The smallest absolute Gasteiger partial charge is 0.0361 e. The van der Waals surface area contributed by atoms with E-state index in [9.17, 15) is 0 Å². The van der Waals surface area contributed by atoms with Crippen LogP contribution in [0.2, 0.25) is 0 Å². The highest BCUT2D eigenvalue weighted by molar-refractivity contribution is 7.25. The van der Waals surface area contributed by atoms with Crippen LogP contribution in [0, 0.1) is 0 Å². The van der Waals surface area contributed by atoms with E-state index in [1.54, 1.807) is 0 Å². The Morgan fingerprint density at radius 2 is 0.622 bits per heavy atom. The van der Waals surface area contributed by atoms with Crippen LogP contribution in [0.25, 0.3) is 96.3 Å². The third kappa shape index (κ3) is 3.65. The number of fused-ring (bicyclic) bond motifs is 14. The SMILES string of the molecule is c1ccc2c(c1)sc1cc(-c3ccc(-c4ccc5c(c4)c4ccccc4c4c6ccccc6c6ccccc6c54)cc3)ccc12. The average Bonchev–Trinajstić information content (AvgIpc) is 3.49. The molecule has 0 N–H and O–H groups in total. The number of rotatable bonds is 2. The van der Waals surface area contributed by atoms with Gasteiger partial charge >= 0.3 is 0 Å². The van der Waals surface area contributed by atoms with Gasteiger partial charge < -0.3 is 0 Å². The van der Waals surface area contributed by atoms with Gasteiger partial charge in [0.05, 0.1) is 0 Å². The van der Waals surface area contributed by atoms with Gasteiger partial charge in [0.25, 0.3) is 0 Å². The molecule has 1 heteroatoms. The molecular formula is C44H26S. The van der Waals surface area contributed by atoms with Crippen molar-refractivity contribution in [3.8, 4) is 22.3 Å². The van der Waals surface area contributed by atoms with Crippen molar-refractivity contribution in [1.82, 2.24) is 0 Å². The zero-order valence-corrected chi connectivity index (χ0v) is 25.2. The predicted octanol–water partition coefficient (Wildman–Crippen LogP) is 13.2. The minimum atomic E-state index is 1.23.